The van der Waals surface area contributed by atoms with Crippen LogP contribution in [0.2, 0.25) is 0 Å². The molecule has 1 heterocycles. The van der Waals surface area contributed by atoms with E-state index in [1.807, 2.05) is 19.9 Å². The molecule has 1 nitrogen and oxygen atoms in total. The second kappa shape index (κ2) is 4.14. The molecule has 0 amide bonds. The fourth-order valence-corrected chi connectivity index (χ4v) is 0.980. The Morgan fingerprint density at radius 1 is 1.18 bits per heavy atom. The fraction of sp³-hybridized carbons (Fsp3) is 0.400. The zero-order valence-electron chi connectivity index (χ0n) is 7.17. The standard InChI is InChI=1S/C8H9N.C2H6/c1-2-4-7(5-3-1)8-6-9-8;1-2/h1-5,8-9H,6H2;1-2H3. The minimum Gasteiger partial charge on any atom is -0.307 e. The lowest BCUT2D eigenvalue weighted by atomic mass is 10.2. The third kappa shape index (κ3) is 2.35. The van der Waals surface area contributed by atoms with E-state index in [4.69, 9.17) is 0 Å². The van der Waals surface area contributed by atoms with E-state index in [0.29, 0.717) is 6.04 Å². The molecular formula is C10H15N. The first-order chi connectivity index (χ1) is 5.47. The highest BCUT2D eigenvalue weighted by atomic mass is 15.1. The predicted molar refractivity (Wildman–Crippen MR) is 48.5 cm³/mol. The zero-order valence-corrected chi connectivity index (χ0v) is 7.17. The molecule has 2 rings (SSSR count). The minimum atomic E-state index is 0.659. The summed E-state index contributed by atoms with van der Waals surface area (Å²) in [6, 6.07) is 11.2. The summed E-state index contributed by atoms with van der Waals surface area (Å²) in [6.45, 7) is 5.16. The number of rotatable bonds is 1. The van der Waals surface area contributed by atoms with Crippen LogP contribution in [-0.4, -0.2) is 6.54 Å². The Morgan fingerprint density at radius 2 is 1.73 bits per heavy atom. The maximum atomic E-state index is 3.25. The number of hydrogen-bond donors (Lipinski definition) is 1. The van der Waals surface area contributed by atoms with E-state index < -0.39 is 0 Å². The Bertz CT molecular complexity index is 189. The molecule has 0 aliphatic carbocycles. The minimum absolute atomic E-state index is 0.659. The first-order valence-corrected chi connectivity index (χ1v) is 4.25. The van der Waals surface area contributed by atoms with Crippen LogP contribution >= 0.6 is 0 Å². The lowest BCUT2D eigenvalue weighted by molar-refractivity contribution is 1.08. The molecule has 0 aromatic heterocycles. The maximum absolute atomic E-state index is 3.25. The summed E-state index contributed by atoms with van der Waals surface area (Å²) in [4.78, 5) is 0. The van der Waals surface area contributed by atoms with Crippen LogP contribution in [0.4, 0.5) is 0 Å². The summed E-state index contributed by atoms with van der Waals surface area (Å²) >= 11 is 0. The number of benzene rings is 1. The Morgan fingerprint density at radius 3 is 2.18 bits per heavy atom. The number of nitrogens with one attached hydrogen (secondary N) is 1. The van der Waals surface area contributed by atoms with Gasteiger partial charge >= 0.3 is 0 Å². The molecular weight excluding hydrogens is 134 g/mol. The van der Waals surface area contributed by atoms with Gasteiger partial charge in [0.1, 0.15) is 0 Å². The van der Waals surface area contributed by atoms with E-state index in [9.17, 15) is 0 Å². The van der Waals surface area contributed by atoms with Crippen molar-refractivity contribution in [2.75, 3.05) is 6.54 Å². The van der Waals surface area contributed by atoms with Crippen LogP contribution in [0, 0.1) is 0 Å². The van der Waals surface area contributed by atoms with Gasteiger partial charge in [-0.25, -0.2) is 0 Å². The highest BCUT2D eigenvalue weighted by molar-refractivity contribution is 5.22. The molecule has 0 spiro atoms. The monoisotopic (exact) mass is 149 g/mol. The van der Waals surface area contributed by atoms with E-state index in [2.05, 4.69) is 29.6 Å². The molecule has 0 bridgehead atoms. The van der Waals surface area contributed by atoms with Gasteiger partial charge in [-0.3, -0.25) is 0 Å². The molecule has 1 N–H and O–H groups in total. The highest BCUT2D eigenvalue weighted by Gasteiger charge is 2.20. The molecule has 1 atom stereocenters. The summed E-state index contributed by atoms with van der Waals surface area (Å²) in [5, 5.41) is 3.25. The first kappa shape index (κ1) is 8.28. The van der Waals surface area contributed by atoms with Crippen molar-refractivity contribution in [1.82, 2.24) is 5.32 Å². The Kier molecular flexibility index (Phi) is 3.12. The molecule has 1 aromatic carbocycles. The van der Waals surface area contributed by atoms with E-state index in [0.717, 1.165) is 6.54 Å². The van der Waals surface area contributed by atoms with E-state index in [-0.39, 0.29) is 0 Å². The van der Waals surface area contributed by atoms with Crippen LogP contribution in [-0.2, 0) is 0 Å². The molecule has 1 aliphatic rings. The SMILES string of the molecule is CC.c1ccc(C2CN2)cc1. The van der Waals surface area contributed by atoms with Crippen LogP contribution < -0.4 is 5.32 Å². The van der Waals surface area contributed by atoms with Gasteiger partial charge in [-0.15, -0.1) is 0 Å². The quantitative estimate of drug-likeness (QED) is 0.608. The van der Waals surface area contributed by atoms with E-state index >= 15 is 0 Å². The van der Waals surface area contributed by atoms with Gasteiger partial charge in [-0.1, -0.05) is 44.2 Å². The van der Waals surface area contributed by atoms with Crippen molar-refractivity contribution >= 4 is 0 Å². The van der Waals surface area contributed by atoms with Crippen molar-refractivity contribution in [3.63, 3.8) is 0 Å². The van der Waals surface area contributed by atoms with Gasteiger partial charge in [0.05, 0.1) is 0 Å². The predicted octanol–water partition coefficient (Wildman–Crippen LogP) is 2.36. The number of hydrogen-bond acceptors (Lipinski definition) is 1. The Labute approximate surface area is 68.4 Å². The van der Waals surface area contributed by atoms with E-state index in [1.165, 1.54) is 5.56 Å². The van der Waals surface area contributed by atoms with Gasteiger partial charge in [0, 0.05) is 12.6 Å². The van der Waals surface area contributed by atoms with Crippen molar-refractivity contribution in [2.45, 2.75) is 19.9 Å². The largest absolute Gasteiger partial charge is 0.307 e. The summed E-state index contributed by atoms with van der Waals surface area (Å²) in [5.74, 6) is 0. The van der Waals surface area contributed by atoms with Crippen LogP contribution in [0.25, 0.3) is 0 Å². The van der Waals surface area contributed by atoms with Crippen molar-refractivity contribution in [2.24, 2.45) is 0 Å². The molecule has 0 saturated carbocycles. The van der Waals surface area contributed by atoms with E-state index in [1.54, 1.807) is 0 Å². The van der Waals surface area contributed by atoms with Crippen molar-refractivity contribution in [3.05, 3.63) is 35.9 Å². The molecule has 1 heteroatoms. The molecule has 1 aliphatic heterocycles. The summed E-state index contributed by atoms with van der Waals surface area (Å²) in [5.41, 5.74) is 1.41. The van der Waals surface area contributed by atoms with Gasteiger partial charge in [0.25, 0.3) is 0 Å². The van der Waals surface area contributed by atoms with Crippen LogP contribution in [0.5, 0.6) is 0 Å². The van der Waals surface area contributed by atoms with Gasteiger partial charge in [-0.2, -0.15) is 0 Å². The summed E-state index contributed by atoms with van der Waals surface area (Å²) < 4.78 is 0. The normalized spacial score (nSPS) is 20.0. The van der Waals surface area contributed by atoms with Gasteiger partial charge in [0.2, 0.25) is 0 Å². The first-order valence-electron chi connectivity index (χ1n) is 4.25. The van der Waals surface area contributed by atoms with Gasteiger partial charge < -0.3 is 5.32 Å². The third-order valence-electron chi connectivity index (χ3n) is 1.61. The highest BCUT2D eigenvalue weighted by Crippen LogP contribution is 2.19. The van der Waals surface area contributed by atoms with Gasteiger partial charge in [0.15, 0.2) is 0 Å². The zero-order chi connectivity index (χ0) is 8.10. The molecule has 11 heavy (non-hydrogen) atoms. The average Bonchev–Trinajstić information content (AvgIpc) is 2.92. The van der Waals surface area contributed by atoms with Crippen LogP contribution in [0.3, 0.4) is 0 Å². The van der Waals surface area contributed by atoms with Crippen LogP contribution in [0.1, 0.15) is 25.5 Å². The molecule has 60 valence electrons. The lowest BCUT2D eigenvalue weighted by Gasteiger charge is -1.91. The second-order valence-electron chi connectivity index (χ2n) is 2.37. The maximum Gasteiger partial charge on any atom is 0.0447 e. The fourth-order valence-electron chi connectivity index (χ4n) is 0.980. The van der Waals surface area contributed by atoms with Crippen molar-refractivity contribution in [3.8, 4) is 0 Å². The average molecular weight is 149 g/mol. The summed E-state index contributed by atoms with van der Waals surface area (Å²) in [7, 11) is 0. The molecule has 1 saturated heterocycles. The van der Waals surface area contributed by atoms with Crippen LogP contribution in [0.15, 0.2) is 30.3 Å². The topological polar surface area (TPSA) is 21.9 Å². The Balaban J connectivity index is 0.000000281. The Hall–Kier alpha value is -0.820. The lowest BCUT2D eigenvalue weighted by Crippen LogP contribution is -1.80. The molecule has 0 radical (unpaired) electrons. The molecule has 1 aromatic rings. The third-order valence-corrected chi connectivity index (χ3v) is 1.61. The molecule has 1 fully saturated rings. The van der Waals surface area contributed by atoms with Crippen molar-refractivity contribution in [1.29, 1.82) is 0 Å². The summed E-state index contributed by atoms with van der Waals surface area (Å²) in [6.07, 6.45) is 0. The van der Waals surface area contributed by atoms with Crippen molar-refractivity contribution < 1.29 is 0 Å². The second-order valence-corrected chi connectivity index (χ2v) is 2.37. The van der Waals surface area contributed by atoms with Gasteiger partial charge in [-0.05, 0) is 5.56 Å². The smallest absolute Gasteiger partial charge is 0.0447 e. The molecule has 1 unspecified atom stereocenters.